The zero-order valence-electron chi connectivity index (χ0n) is 10.7. The van der Waals surface area contributed by atoms with Gasteiger partial charge in [-0.15, -0.1) is 0 Å². The van der Waals surface area contributed by atoms with Crippen LogP contribution in [0.1, 0.15) is 52.9 Å². The normalized spacial score (nSPS) is 38.9. The Bertz CT molecular complexity index is 261. The van der Waals surface area contributed by atoms with E-state index in [0.717, 1.165) is 25.2 Å². The van der Waals surface area contributed by atoms with Gasteiger partial charge in [0.1, 0.15) is 0 Å². The van der Waals surface area contributed by atoms with Gasteiger partial charge in [-0.2, -0.15) is 0 Å². The summed E-state index contributed by atoms with van der Waals surface area (Å²) in [6.07, 6.45) is 5.77. The van der Waals surface area contributed by atoms with Gasteiger partial charge in [0.2, 0.25) is 5.91 Å². The Hall–Kier alpha value is -0.570. The van der Waals surface area contributed by atoms with Gasteiger partial charge in [-0.25, -0.2) is 0 Å². The first-order chi connectivity index (χ1) is 7.67. The van der Waals surface area contributed by atoms with Gasteiger partial charge in [-0.3, -0.25) is 10.1 Å². The first-order valence-electron chi connectivity index (χ1n) is 6.75. The minimum absolute atomic E-state index is 0.0888. The monoisotopic (exact) mass is 224 g/mol. The quantitative estimate of drug-likeness (QED) is 0.793. The van der Waals surface area contributed by atoms with E-state index in [1.807, 2.05) is 0 Å². The van der Waals surface area contributed by atoms with E-state index in [1.165, 1.54) is 12.8 Å². The summed E-state index contributed by atoms with van der Waals surface area (Å²) in [6.45, 7) is 6.58. The molecule has 2 fully saturated rings. The van der Waals surface area contributed by atoms with Crippen LogP contribution in [0.4, 0.5) is 0 Å². The Balaban J connectivity index is 2.01. The standard InChI is InChI=1S/C13H24N2O/c1-4-6-11-13(16)15(12(5-2)14-11)10-7-9(3)8-10/h9-12,14H,4-8H2,1-3H3. The fraction of sp³-hybridized carbons (Fsp3) is 0.923. The SMILES string of the molecule is CCCC1NC(CC)N(C2CC(C)C2)C1=O. The molecular formula is C13H24N2O. The number of amides is 1. The largest absolute Gasteiger partial charge is 0.323 e. The Morgan fingerprint density at radius 1 is 1.38 bits per heavy atom. The molecule has 2 unspecified atom stereocenters. The molecule has 3 nitrogen and oxygen atoms in total. The molecule has 0 bridgehead atoms. The number of hydrogen-bond acceptors (Lipinski definition) is 2. The van der Waals surface area contributed by atoms with Crippen molar-refractivity contribution in [2.45, 2.75) is 71.1 Å². The predicted octanol–water partition coefficient (Wildman–Crippen LogP) is 2.12. The van der Waals surface area contributed by atoms with Crippen molar-refractivity contribution in [1.29, 1.82) is 0 Å². The number of carbonyl (C=O) groups is 1. The Morgan fingerprint density at radius 2 is 2.06 bits per heavy atom. The molecule has 0 aromatic carbocycles. The first-order valence-corrected chi connectivity index (χ1v) is 6.75. The van der Waals surface area contributed by atoms with Crippen LogP contribution in [0, 0.1) is 5.92 Å². The first kappa shape index (κ1) is 11.9. The molecule has 2 aliphatic rings. The molecule has 2 rings (SSSR count). The number of hydrogen-bond donors (Lipinski definition) is 1. The second-order valence-corrected chi connectivity index (χ2v) is 5.41. The minimum atomic E-state index is 0.0888. The van der Waals surface area contributed by atoms with Gasteiger partial charge < -0.3 is 4.90 Å². The molecule has 92 valence electrons. The van der Waals surface area contributed by atoms with Crippen LogP contribution in [0.5, 0.6) is 0 Å². The Labute approximate surface area is 98.6 Å². The maximum atomic E-state index is 12.3. The van der Waals surface area contributed by atoms with Crippen LogP contribution in [0.15, 0.2) is 0 Å². The molecule has 0 spiro atoms. The fourth-order valence-electron chi connectivity index (χ4n) is 3.05. The summed E-state index contributed by atoms with van der Waals surface area (Å²) in [5.74, 6) is 1.16. The zero-order valence-corrected chi connectivity index (χ0v) is 10.7. The second-order valence-electron chi connectivity index (χ2n) is 5.41. The Kier molecular flexibility index (Phi) is 3.53. The van der Waals surface area contributed by atoms with Crippen LogP contribution in [0.25, 0.3) is 0 Å². The van der Waals surface area contributed by atoms with Crippen LogP contribution in [0.3, 0.4) is 0 Å². The van der Waals surface area contributed by atoms with Crippen LogP contribution < -0.4 is 5.32 Å². The lowest BCUT2D eigenvalue weighted by atomic mass is 9.80. The van der Waals surface area contributed by atoms with Gasteiger partial charge >= 0.3 is 0 Å². The van der Waals surface area contributed by atoms with Crippen molar-refractivity contribution in [3.8, 4) is 0 Å². The summed E-state index contributed by atoms with van der Waals surface area (Å²) in [4.78, 5) is 14.4. The van der Waals surface area contributed by atoms with Gasteiger partial charge in [-0.05, 0) is 31.6 Å². The van der Waals surface area contributed by atoms with E-state index in [0.29, 0.717) is 18.1 Å². The molecule has 1 saturated heterocycles. The van der Waals surface area contributed by atoms with Gasteiger partial charge in [0.15, 0.2) is 0 Å². The third kappa shape index (κ3) is 1.97. The molecular weight excluding hydrogens is 200 g/mol. The lowest BCUT2D eigenvalue weighted by Gasteiger charge is -2.42. The molecule has 1 saturated carbocycles. The lowest BCUT2D eigenvalue weighted by Crippen LogP contribution is -2.50. The van der Waals surface area contributed by atoms with E-state index in [9.17, 15) is 4.79 Å². The van der Waals surface area contributed by atoms with Crippen molar-refractivity contribution in [2.75, 3.05) is 0 Å². The summed E-state index contributed by atoms with van der Waals surface area (Å²) < 4.78 is 0. The van der Waals surface area contributed by atoms with Crippen molar-refractivity contribution in [2.24, 2.45) is 5.92 Å². The van der Waals surface area contributed by atoms with E-state index in [2.05, 4.69) is 31.0 Å². The molecule has 3 heteroatoms. The van der Waals surface area contributed by atoms with Crippen LogP contribution in [0.2, 0.25) is 0 Å². The summed E-state index contributed by atoms with van der Waals surface area (Å²) in [6, 6.07) is 0.604. The molecule has 0 aromatic heterocycles. The highest BCUT2D eigenvalue weighted by molar-refractivity contribution is 5.84. The summed E-state index contributed by atoms with van der Waals surface area (Å²) >= 11 is 0. The van der Waals surface area contributed by atoms with Gasteiger partial charge in [0.25, 0.3) is 0 Å². The van der Waals surface area contributed by atoms with E-state index in [4.69, 9.17) is 0 Å². The van der Waals surface area contributed by atoms with Crippen LogP contribution in [-0.2, 0) is 4.79 Å². The van der Waals surface area contributed by atoms with Crippen molar-refractivity contribution in [3.05, 3.63) is 0 Å². The maximum Gasteiger partial charge on any atom is 0.241 e. The molecule has 1 aliphatic heterocycles. The molecule has 2 atom stereocenters. The molecule has 0 radical (unpaired) electrons. The fourth-order valence-corrected chi connectivity index (χ4v) is 3.05. The van der Waals surface area contributed by atoms with Crippen LogP contribution in [-0.4, -0.2) is 29.1 Å². The number of carbonyl (C=O) groups excluding carboxylic acids is 1. The van der Waals surface area contributed by atoms with E-state index in [-0.39, 0.29) is 6.04 Å². The van der Waals surface area contributed by atoms with Gasteiger partial charge in [0, 0.05) is 6.04 Å². The summed E-state index contributed by atoms with van der Waals surface area (Å²) in [7, 11) is 0. The van der Waals surface area contributed by atoms with E-state index in [1.54, 1.807) is 0 Å². The number of nitrogens with one attached hydrogen (secondary N) is 1. The molecule has 1 N–H and O–H groups in total. The third-order valence-electron chi connectivity index (χ3n) is 3.99. The summed E-state index contributed by atoms with van der Waals surface area (Å²) in [5, 5.41) is 3.48. The van der Waals surface area contributed by atoms with Gasteiger partial charge in [0.05, 0.1) is 12.2 Å². The summed E-state index contributed by atoms with van der Waals surface area (Å²) in [5.41, 5.74) is 0. The smallest absolute Gasteiger partial charge is 0.241 e. The number of rotatable bonds is 4. The predicted molar refractivity (Wildman–Crippen MR) is 64.9 cm³/mol. The molecule has 1 heterocycles. The highest BCUT2D eigenvalue weighted by Gasteiger charge is 2.44. The Morgan fingerprint density at radius 3 is 2.56 bits per heavy atom. The van der Waals surface area contributed by atoms with E-state index < -0.39 is 0 Å². The number of nitrogens with zero attached hydrogens (tertiary/aromatic N) is 1. The average molecular weight is 224 g/mol. The zero-order chi connectivity index (χ0) is 11.7. The van der Waals surface area contributed by atoms with Crippen molar-refractivity contribution in [1.82, 2.24) is 10.2 Å². The van der Waals surface area contributed by atoms with Gasteiger partial charge in [-0.1, -0.05) is 27.2 Å². The van der Waals surface area contributed by atoms with Crippen molar-refractivity contribution < 1.29 is 4.79 Å². The molecule has 0 aromatic rings. The lowest BCUT2D eigenvalue weighted by molar-refractivity contribution is -0.135. The molecule has 1 amide bonds. The second kappa shape index (κ2) is 4.74. The van der Waals surface area contributed by atoms with Crippen molar-refractivity contribution in [3.63, 3.8) is 0 Å². The maximum absolute atomic E-state index is 12.3. The highest BCUT2D eigenvalue weighted by Crippen LogP contribution is 2.35. The molecule has 16 heavy (non-hydrogen) atoms. The minimum Gasteiger partial charge on any atom is -0.323 e. The third-order valence-corrected chi connectivity index (χ3v) is 3.99. The molecule has 1 aliphatic carbocycles. The van der Waals surface area contributed by atoms with Crippen LogP contribution >= 0.6 is 0 Å². The topological polar surface area (TPSA) is 32.3 Å². The highest BCUT2D eigenvalue weighted by atomic mass is 16.2. The van der Waals surface area contributed by atoms with Crippen molar-refractivity contribution >= 4 is 5.91 Å². The van der Waals surface area contributed by atoms with E-state index >= 15 is 0 Å². The average Bonchev–Trinajstić information content (AvgIpc) is 2.52.